The summed E-state index contributed by atoms with van der Waals surface area (Å²) in [5.41, 5.74) is 0.0873. The monoisotopic (exact) mass is 387 g/mol. The van der Waals surface area contributed by atoms with Crippen molar-refractivity contribution in [1.29, 1.82) is 0 Å². The molecule has 0 saturated carbocycles. The summed E-state index contributed by atoms with van der Waals surface area (Å²) in [5.74, 6) is -1.05. The van der Waals surface area contributed by atoms with E-state index in [1.165, 1.54) is 49.5 Å². The van der Waals surface area contributed by atoms with E-state index in [0.29, 0.717) is 0 Å². The number of alkyl halides is 3. The summed E-state index contributed by atoms with van der Waals surface area (Å²) in [7, 11) is -2.27. The highest BCUT2D eigenvalue weighted by Crippen LogP contribution is 2.27. The molecule has 0 aliphatic heterocycles. The second-order valence-corrected chi connectivity index (χ2v) is 7.57. The van der Waals surface area contributed by atoms with Gasteiger partial charge in [0.2, 0.25) is 0 Å². The average Bonchev–Trinajstić information content (AvgIpc) is 2.54. The van der Waals surface area contributed by atoms with Crippen molar-refractivity contribution in [1.82, 2.24) is 4.90 Å². The molecule has 140 valence electrons. The molecule has 2 aromatic rings. The molecule has 5 nitrogen and oxygen atoms in total. The number of carbonyl (C=O) groups is 1. The lowest BCUT2D eigenvalue weighted by Gasteiger charge is -2.21. The first-order valence-electron chi connectivity index (χ1n) is 7.37. The van der Waals surface area contributed by atoms with Crippen LogP contribution in [0.4, 0.5) is 13.2 Å². The Bertz CT molecular complexity index is 910. The molecule has 0 heterocycles. The number of para-hydroxylation sites is 1. The van der Waals surface area contributed by atoms with Gasteiger partial charge in [-0.3, -0.25) is 4.79 Å². The first kappa shape index (κ1) is 19.8. The highest BCUT2D eigenvalue weighted by molar-refractivity contribution is 7.90. The van der Waals surface area contributed by atoms with Crippen LogP contribution in [-0.4, -0.2) is 38.9 Å². The molecule has 2 rings (SSSR count). The van der Waals surface area contributed by atoms with Crippen molar-refractivity contribution < 1.29 is 31.1 Å². The Labute approximate surface area is 148 Å². The summed E-state index contributed by atoms with van der Waals surface area (Å²) >= 11 is 0. The average molecular weight is 387 g/mol. The summed E-state index contributed by atoms with van der Waals surface area (Å²) in [5, 5.41) is 0. The van der Waals surface area contributed by atoms with Crippen LogP contribution in [-0.2, 0) is 16.4 Å². The Morgan fingerprint density at radius 3 is 2.27 bits per heavy atom. The van der Waals surface area contributed by atoms with E-state index in [-0.39, 0.29) is 22.6 Å². The van der Waals surface area contributed by atoms with E-state index in [4.69, 9.17) is 0 Å². The highest BCUT2D eigenvalue weighted by atomic mass is 32.2. The van der Waals surface area contributed by atoms with Gasteiger partial charge >= 0.3 is 6.36 Å². The van der Waals surface area contributed by atoms with Gasteiger partial charge in [0.05, 0.1) is 10.5 Å². The molecule has 0 atom stereocenters. The molecule has 9 heteroatoms. The van der Waals surface area contributed by atoms with E-state index in [1.807, 2.05) is 0 Å². The van der Waals surface area contributed by atoms with Gasteiger partial charge in [-0.15, -0.1) is 13.2 Å². The van der Waals surface area contributed by atoms with Crippen LogP contribution in [0.5, 0.6) is 5.75 Å². The second-order valence-electron chi connectivity index (χ2n) is 5.59. The molecule has 0 aromatic heterocycles. The van der Waals surface area contributed by atoms with Gasteiger partial charge in [0.25, 0.3) is 5.91 Å². The number of nitrogens with zero attached hydrogens (tertiary/aromatic N) is 1. The van der Waals surface area contributed by atoms with Gasteiger partial charge in [-0.1, -0.05) is 30.3 Å². The maximum absolute atomic E-state index is 12.6. The summed E-state index contributed by atoms with van der Waals surface area (Å²) in [4.78, 5) is 13.6. The summed E-state index contributed by atoms with van der Waals surface area (Å²) in [6, 6.07) is 11.1. The lowest BCUT2D eigenvalue weighted by molar-refractivity contribution is -0.275. The van der Waals surface area contributed by atoms with Gasteiger partial charge in [-0.25, -0.2) is 8.42 Å². The first-order chi connectivity index (χ1) is 12.0. The van der Waals surface area contributed by atoms with Crippen LogP contribution in [0, 0.1) is 0 Å². The fourth-order valence-electron chi connectivity index (χ4n) is 2.36. The number of carbonyl (C=O) groups excluding carboxylic acids is 1. The molecule has 0 radical (unpaired) electrons. The lowest BCUT2D eigenvalue weighted by atomic mass is 10.1. The summed E-state index contributed by atoms with van der Waals surface area (Å²) < 4.78 is 65.1. The number of sulfone groups is 1. The number of hydrogen-bond acceptors (Lipinski definition) is 4. The van der Waals surface area contributed by atoms with Gasteiger partial charge in [0.1, 0.15) is 5.75 Å². The molecule has 1 amide bonds. The minimum absolute atomic E-state index is 0.0493. The number of ether oxygens (including phenoxy) is 1. The van der Waals surface area contributed by atoms with Crippen molar-refractivity contribution >= 4 is 15.7 Å². The molecule has 0 spiro atoms. The zero-order valence-corrected chi connectivity index (χ0v) is 14.8. The smallest absolute Gasteiger partial charge is 0.405 e. The van der Waals surface area contributed by atoms with Crippen LogP contribution >= 0.6 is 0 Å². The van der Waals surface area contributed by atoms with E-state index in [1.54, 1.807) is 0 Å². The van der Waals surface area contributed by atoms with Crippen molar-refractivity contribution in [3.05, 3.63) is 59.7 Å². The van der Waals surface area contributed by atoms with E-state index in [9.17, 15) is 26.4 Å². The van der Waals surface area contributed by atoms with Crippen LogP contribution in [0.25, 0.3) is 0 Å². The highest BCUT2D eigenvalue weighted by Gasteiger charge is 2.32. The molecule has 0 saturated heterocycles. The Balaban J connectivity index is 2.30. The van der Waals surface area contributed by atoms with Gasteiger partial charge in [0.15, 0.2) is 9.84 Å². The number of rotatable bonds is 5. The maximum atomic E-state index is 12.6. The molecule has 0 aliphatic carbocycles. The van der Waals surface area contributed by atoms with Crippen LogP contribution in [0.3, 0.4) is 0 Å². The number of hydrogen-bond donors (Lipinski definition) is 0. The molecule has 2 aromatic carbocycles. The van der Waals surface area contributed by atoms with Crippen molar-refractivity contribution in [2.75, 3.05) is 13.3 Å². The van der Waals surface area contributed by atoms with Gasteiger partial charge < -0.3 is 9.64 Å². The van der Waals surface area contributed by atoms with Crippen LogP contribution < -0.4 is 4.74 Å². The minimum atomic E-state index is -4.86. The fraction of sp³-hybridized carbons (Fsp3) is 0.235. The van der Waals surface area contributed by atoms with Crippen LogP contribution in [0.2, 0.25) is 0 Å². The van der Waals surface area contributed by atoms with Crippen molar-refractivity contribution in [2.45, 2.75) is 17.8 Å². The van der Waals surface area contributed by atoms with E-state index >= 15 is 0 Å². The molecule has 0 bridgehead atoms. The molecular weight excluding hydrogens is 371 g/mol. The fourth-order valence-corrected chi connectivity index (χ4v) is 3.24. The van der Waals surface area contributed by atoms with Crippen molar-refractivity contribution in [3.8, 4) is 5.75 Å². The Morgan fingerprint density at radius 1 is 1.08 bits per heavy atom. The molecule has 0 N–H and O–H groups in total. The Kier molecular flexibility index (Phi) is 5.60. The maximum Gasteiger partial charge on any atom is 0.573 e. The zero-order valence-electron chi connectivity index (χ0n) is 13.9. The topological polar surface area (TPSA) is 63.7 Å². The summed E-state index contributed by atoms with van der Waals surface area (Å²) in [6.07, 6.45) is -3.88. The predicted molar refractivity (Wildman–Crippen MR) is 88.5 cm³/mol. The third-order valence-electron chi connectivity index (χ3n) is 3.47. The zero-order chi connectivity index (χ0) is 19.5. The normalized spacial score (nSPS) is 11.9. The number of benzene rings is 2. The predicted octanol–water partition coefficient (Wildman–Crippen LogP) is 3.26. The second kappa shape index (κ2) is 7.36. The number of halogens is 3. The SMILES string of the molecule is CN(Cc1ccccc1OC(F)(F)F)C(=O)c1ccccc1S(C)(=O)=O. The number of amides is 1. The van der Waals surface area contributed by atoms with E-state index < -0.39 is 27.9 Å². The van der Waals surface area contributed by atoms with Gasteiger partial charge in [-0.05, 0) is 18.2 Å². The summed E-state index contributed by atoms with van der Waals surface area (Å²) in [6.45, 7) is -0.191. The van der Waals surface area contributed by atoms with E-state index in [2.05, 4.69) is 4.74 Å². The van der Waals surface area contributed by atoms with Gasteiger partial charge in [-0.2, -0.15) is 0 Å². The molecular formula is C17H16F3NO4S. The molecule has 0 unspecified atom stereocenters. The van der Waals surface area contributed by atoms with Crippen LogP contribution in [0.15, 0.2) is 53.4 Å². The van der Waals surface area contributed by atoms with E-state index in [0.717, 1.165) is 17.2 Å². The Morgan fingerprint density at radius 2 is 1.65 bits per heavy atom. The van der Waals surface area contributed by atoms with Crippen LogP contribution in [0.1, 0.15) is 15.9 Å². The lowest BCUT2D eigenvalue weighted by Crippen LogP contribution is -2.28. The first-order valence-corrected chi connectivity index (χ1v) is 9.26. The molecule has 0 aliphatic rings. The Hall–Kier alpha value is -2.55. The third kappa shape index (κ3) is 4.98. The molecule has 0 fully saturated rings. The quantitative estimate of drug-likeness (QED) is 0.790. The largest absolute Gasteiger partial charge is 0.573 e. The van der Waals surface area contributed by atoms with Crippen molar-refractivity contribution in [3.63, 3.8) is 0 Å². The molecule has 26 heavy (non-hydrogen) atoms. The minimum Gasteiger partial charge on any atom is -0.405 e. The third-order valence-corrected chi connectivity index (χ3v) is 4.62. The standard InChI is InChI=1S/C17H16F3NO4S/c1-21(11-12-7-3-5-9-14(12)25-17(18,19)20)16(22)13-8-4-6-10-15(13)26(2,23)24/h3-10H,11H2,1-2H3. The van der Waals surface area contributed by atoms with Crippen molar-refractivity contribution in [2.24, 2.45) is 0 Å². The van der Waals surface area contributed by atoms with Gasteiger partial charge in [0, 0.05) is 25.4 Å².